The van der Waals surface area contributed by atoms with Gasteiger partial charge in [-0.3, -0.25) is 14.6 Å². The quantitative estimate of drug-likeness (QED) is 0.878. The number of rotatable bonds is 4. The highest BCUT2D eigenvalue weighted by atomic mass is 19.3. The van der Waals surface area contributed by atoms with Crippen LogP contribution in [0.15, 0.2) is 48.8 Å². The molecule has 1 N–H and O–H groups in total. The lowest BCUT2D eigenvalue weighted by Gasteiger charge is -2.36. The van der Waals surface area contributed by atoms with Crippen molar-refractivity contribution in [3.05, 3.63) is 54.4 Å². The summed E-state index contributed by atoms with van der Waals surface area (Å²) in [5.41, 5.74) is 1.69. The van der Waals surface area contributed by atoms with E-state index in [2.05, 4.69) is 10.3 Å². The Labute approximate surface area is 160 Å². The molecular formula is C20H18F2N4O2. The molecule has 0 bridgehead atoms. The van der Waals surface area contributed by atoms with E-state index in [1.807, 2.05) is 36.4 Å². The molecule has 0 aliphatic carbocycles. The van der Waals surface area contributed by atoms with E-state index in [-0.39, 0.29) is 6.42 Å². The van der Waals surface area contributed by atoms with Gasteiger partial charge in [0, 0.05) is 24.4 Å². The van der Waals surface area contributed by atoms with Gasteiger partial charge in [0.2, 0.25) is 5.91 Å². The number of nitrogens with zero attached hydrogens (tertiary/aromatic N) is 3. The predicted octanol–water partition coefficient (Wildman–Crippen LogP) is 2.63. The third-order valence-electron chi connectivity index (χ3n) is 4.58. The maximum Gasteiger partial charge on any atom is 0.265 e. The number of carbonyl (C=O) groups is 2. The fourth-order valence-electron chi connectivity index (χ4n) is 3.13. The minimum absolute atomic E-state index is 0.0916. The maximum atomic E-state index is 13.6. The highest BCUT2D eigenvalue weighted by Gasteiger charge is 2.42. The van der Waals surface area contributed by atoms with Crippen LogP contribution in [0.1, 0.15) is 23.2 Å². The lowest BCUT2D eigenvalue weighted by molar-refractivity contribution is -0.143. The van der Waals surface area contributed by atoms with Crippen molar-refractivity contribution in [3.63, 3.8) is 0 Å². The minimum Gasteiger partial charge on any atom is -0.343 e. The zero-order valence-corrected chi connectivity index (χ0v) is 14.9. The number of aromatic nitrogens is 1. The second kappa shape index (κ2) is 8.13. The van der Waals surface area contributed by atoms with E-state index in [0.29, 0.717) is 11.1 Å². The molecular weight excluding hydrogens is 366 g/mol. The van der Waals surface area contributed by atoms with Crippen LogP contribution in [0.4, 0.5) is 8.78 Å². The third kappa shape index (κ3) is 4.31. The van der Waals surface area contributed by atoms with E-state index in [1.165, 1.54) is 12.3 Å². The molecule has 0 saturated carbocycles. The zero-order chi connectivity index (χ0) is 20.1. The number of nitriles is 1. The summed E-state index contributed by atoms with van der Waals surface area (Å²) in [7, 11) is 0. The Morgan fingerprint density at radius 1 is 1.29 bits per heavy atom. The van der Waals surface area contributed by atoms with Crippen molar-refractivity contribution < 1.29 is 18.4 Å². The number of hydrogen-bond acceptors (Lipinski definition) is 4. The maximum absolute atomic E-state index is 13.6. The standard InChI is InChI=1S/C20H18F2N4O2/c21-20(22)8-6-15(10-23)26(13-20)18(27)12-25-19(28)16-7-9-24-11-17(16)14-4-2-1-3-5-14/h1-5,7,9,11,15H,6,8,12-13H2,(H,25,28). The average molecular weight is 384 g/mol. The van der Waals surface area contributed by atoms with E-state index in [9.17, 15) is 18.4 Å². The van der Waals surface area contributed by atoms with E-state index in [1.54, 1.807) is 6.20 Å². The number of pyridine rings is 1. The van der Waals surface area contributed by atoms with Gasteiger partial charge in [-0.2, -0.15) is 5.26 Å². The Kier molecular flexibility index (Phi) is 5.64. The molecule has 1 unspecified atom stereocenters. The van der Waals surface area contributed by atoms with E-state index in [0.717, 1.165) is 10.5 Å². The van der Waals surface area contributed by atoms with Gasteiger partial charge >= 0.3 is 0 Å². The Bertz CT molecular complexity index is 912. The van der Waals surface area contributed by atoms with Crippen LogP contribution < -0.4 is 5.32 Å². The molecule has 28 heavy (non-hydrogen) atoms. The zero-order valence-electron chi connectivity index (χ0n) is 14.9. The van der Waals surface area contributed by atoms with Gasteiger partial charge in [0.15, 0.2) is 0 Å². The Morgan fingerprint density at radius 3 is 2.75 bits per heavy atom. The molecule has 0 spiro atoms. The fourth-order valence-corrected chi connectivity index (χ4v) is 3.13. The number of benzene rings is 1. The van der Waals surface area contributed by atoms with Crippen molar-refractivity contribution in [3.8, 4) is 17.2 Å². The highest BCUT2D eigenvalue weighted by molar-refractivity contribution is 6.02. The summed E-state index contributed by atoms with van der Waals surface area (Å²) in [6.07, 6.45) is 2.48. The number of piperidine rings is 1. The van der Waals surface area contributed by atoms with Crippen molar-refractivity contribution in [2.75, 3.05) is 13.1 Å². The van der Waals surface area contributed by atoms with Crippen molar-refractivity contribution in [2.45, 2.75) is 24.8 Å². The highest BCUT2D eigenvalue weighted by Crippen LogP contribution is 2.30. The van der Waals surface area contributed by atoms with E-state index in [4.69, 9.17) is 5.26 Å². The summed E-state index contributed by atoms with van der Waals surface area (Å²) in [5, 5.41) is 11.6. The number of halogens is 2. The van der Waals surface area contributed by atoms with Crippen molar-refractivity contribution in [1.29, 1.82) is 5.26 Å². The van der Waals surface area contributed by atoms with Gasteiger partial charge in [-0.15, -0.1) is 0 Å². The number of carbonyl (C=O) groups excluding carboxylic acids is 2. The fraction of sp³-hybridized carbons (Fsp3) is 0.300. The van der Waals surface area contributed by atoms with Gasteiger partial charge < -0.3 is 10.2 Å². The van der Waals surface area contributed by atoms with Crippen LogP contribution >= 0.6 is 0 Å². The number of nitrogens with one attached hydrogen (secondary N) is 1. The normalized spacial score (nSPS) is 18.2. The molecule has 1 aliphatic rings. The summed E-state index contributed by atoms with van der Waals surface area (Å²) in [6.45, 7) is -1.28. The Balaban J connectivity index is 1.71. The summed E-state index contributed by atoms with van der Waals surface area (Å²) >= 11 is 0. The minimum atomic E-state index is -3.03. The van der Waals surface area contributed by atoms with Crippen molar-refractivity contribution in [2.24, 2.45) is 0 Å². The van der Waals surface area contributed by atoms with Crippen LogP contribution in [0.2, 0.25) is 0 Å². The average Bonchev–Trinajstić information content (AvgIpc) is 2.71. The van der Waals surface area contributed by atoms with Gasteiger partial charge in [0.1, 0.15) is 6.04 Å². The molecule has 1 atom stereocenters. The van der Waals surface area contributed by atoms with E-state index < -0.39 is 43.3 Å². The molecule has 2 amide bonds. The summed E-state index contributed by atoms with van der Waals surface area (Å²) in [5.74, 6) is -4.26. The number of hydrogen-bond donors (Lipinski definition) is 1. The van der Waals surface area contributed by atoms with Crippen LogP contribution in [-0.2, 0) is 4.79 Å². The van der Waals surface area contributed by atoms with Crippen molar-refractivity contribution >= 4 is 11.8 Å². The van der Waals surface area contributed by atoms with Crippen LogP contribution in [0.5, 0.6) is 0 Å². The second-order valence-corrected chi connectivity index (χ2v) is 6.53. The van der Waals surface area contributed by atoms with Crippen LogP contribution in [0.3, 0.4) is 0 Å². The second-order valence-electron chi connectivity index (χ2n) is 6.53. The molecule has 1 fully saturated rings. The van der Waals surface area contributed by atoms with Gasteiger partial charge in [0.25, 0.3) is 11.8 Å². The van der Waals surface area contributed by atoms with E-state index >= 15 is 0 Å². The van der Waals surface area contributed by atoms with Gasteiger partial charge in [-0.25, -0.2) is 8.78 Å². The SMILES string of the molecule is N#CC1CCC(F)(F)CN1C(=O)CNC(=O)c1ccncc1-c1ccccc1. The first kappa shape index (κ1) is 19.4. The molecule has 2 heterocycles. The molecule has 1 saturated heterocycles. The summed E-state index contributed by atoms with van der Waals surface area (Å²) in [6, 6.07) is 11.6. The number of amides is 2. The van der Waals surface area contributed by atoms with Gasteiger partial charge in [0.05, 0.1) is 24.7 Å². The largest absolute Gasteiger partial charge is 0.343 e. The predicted molar refractivity (Wildman–Crippen MR) is 97.3 cm³/mol. The molecule has 3 rings (SSSR count). The molecule has 0 radical (unpaired) electrons. The first-order valence-corrected chi connectivity index (χ1v) is 8.76. The molecule has 1 aliphatic heterocycles. The topological polar surface area (TPSA) is 86.1 Å². The molecule has 1 aromatic carbocycles. The number of likely N-dealkylation sites (tertiary alicyclic amines) is 1. The van der Waals surface area contributed by atoms with Gasteiger partial charge in [-0.1, -0.05) is 30.3 Å². The molecule has 6 nitrogen and oxygen atoms in total. The molecule has 8 heteroatoms. The Hall–Kier alpha value is -3.34. The smallest absolute Gasteiger partial charge is 0.265 e. The first-order chi connectivity index (χ1) is 13.4. The lowest BCUT2D eigenvalue weighted by atomic mass is 10.00. The monoisotopic (exact) mass is 384 g/mol. The molecule has 2 aromatic rings. The number of alkyl halides is 2. The van der Waals surface area contributed by atoms with Crippen LogP contribution in [0.25, 0.3) is 11.1 Å². The molecule has 1 aromatic heterocycles. The first-order valence-electron chi connectivity index (χ1n) is 8.76. The summed E-state index contributed by atoms with van der Waals surface area (Å²) in [4.78, 5) is 29.8. The lowest BCUT2D eigenvalue weighted by Crippen LogP contribution is -2.53. The van der Waals surface area contributed by atoms with Gasteiger partial charge in [-0.05, 0) is 18.1 Å². The molecule has 144 valence electrons. The van der Waals surface area contributed by atoms with Crippen LogP contribution in [0, 0.1) is 11.3 Å². The summed E-state index contributed by atoms with van der Waals surface area (Å²) < 4.78 is 27.3. The third-order valence-corrected chi connectivity index (χ3v) is 4.58. The van der Waals surface area contributed by atoms with Crippen LogP contribution in [-0.4, -0.2) is 46.8 Å². The Morgan fingerprint density at radius 2 is 2.04 bits per heavy atom. The van der Waals surface area contributed by atoms with Crippen molar-refractivity contribution in [1.82, 2.24) is 15.2 Å².